The van der Waals surface area contributed by atoms with Crippen LogP contribution in [0.1, 0.15) is 12.5 Å². The topological polar surface area (TPSA) is 27.7 Å². The number of methoxy groups -OCH3 is 1. The third-order valence-corrected chi connectivity index (χ3v) is 4.24. The maximum Gasteiger partial charge on any atom is 0.204 e. The van der Waals surface area contributed by atoms with Gasteiger partial charge in [-0.05, 0) is 42.3 Å². The van der Waals surface area contributed by atoms with E-state index in [0.717, 1.165) is 0 Å². The molecule has 0 heterocycles. The summed E-state index contributed by atoms with van der Waals surface area (Å²) in [7, 11) is 1.24. The van der Waals surface area contributed by atoms with E-state index in [0.29, 0.717) is 11.1 Å². The molecule has 0 aliphatic carbocycles. The zero-order chi connectivity index (χ0) is 21.0. The molecule has 0 bridgehead atoms. The summed E-state index contributed by atoms with van der Waals surface area (Å²) in [6.45, 7) is 1.87. The molecule has 3 aromatic rings. The highest BCUT2D eigenvalue weighted by Gasteiger charge is 2.17. The molecule has 0 aromatic heterocycles. The summed E-state index contributed by atoms with van der Waals surface area (Å²) in [5.74, 6) is -4.95. The molecular formula is C22H18F4O3. The molecule has 3 rings (SSSR count). The third kappa shape index (κ3) is 4.29. The second-order valence-corrected chi connectivity index (χ2v) is 6.05. The van der Waals surface area contributed by atoms with Gasteiger partial charge < -0.3 is 14.2 Å². The van der Waals surface area contributed by atoms with Crippen LogP contribution in [0, 0.1) is 23.3 Å². The Morgan fingerprint density at radius 1 is 0.655 bits per heavy atom. The Labute approximate surface area is 165 Å². The van der Waals surface area contributed by atoms with Crippen LogP contribution in [-0.2, 0) is 6.61 Å². The van der Waals surface area contributed by atoms with Gasteiger partial charge in [0.05, 0.1) is 13.7 Å². The Kier molecular flexibility index (Phi) is 6.26. The van der Waals surface area contributed by atoms with Crippen molar-refractivity contribution < 1.29 is 31.8 Å². The highest BCUT2D eigenvalue weighted by molar-refractivity contribution is 5.65. The van der Waals surface area contributed by atoms with Crippen molar-refractivity contribution in [1.29, 1.82) is 0 Å². The van der Waals surface area contributed by atoms with Crippen molar-refractivity contribution in [2.45, 2.75) is 13.5 Å². The van der Waals surface area contributed by atoms with E-state index in [4.69, 9.17) is 14.2 Å². The van der Waals surface area contributed by atoms with Gasteiger partial charge in [-0.3, -0.25) is 0 Å². The Balaban J connectivity index is 1.75. The van der Waals surface area contributed by atoms with Crippen LogP contribution in [0.2, 0.25) is 0 Å². The molecule has 0 saturated heterocycles. The van der Waals surface area contributed by atoms with E-state index in [-0.39, 0.29) is 36.0 Å². The number of hydrogen-bond acceptors (Lipinski definition) is 3. The molecule has 0 atom stereocenters. The van der Waals surface area contributed by atoms with E-state index >= 15 is 0 Å². The SMILES string of the molecule is CCOc1ccc(-c2ccc(COc3ccc(OC)c(F)c3F)cc2)c(F)c1F. The summed E-state index contributed by atoms with van der Waals surface area (Å²) in [5.41, 5.74) is 1.17. The fourth-order valence-electron chi connectivity index (χ4n) is 2.75. The van der Waals surface area contributed by atoms with E-state index in [1.54, 1.807) is 31.2 Å². The largest absolute Gasteiger partial charge is 0.494 e. The molecule has 0 amide bonds. The summed E-state index contributed by atoms with van der Waals surface area (Å²) in [4.78, 5) is 0. The Morgan fingerprint density at radius 2 is 1.21 bits per heavy atom. The first-order chi connectivity index (χ1) is 14.0. The van der Waals surface area contributed by atoms with Gasteiger partial charge in [0.1, 0.15) is 6.61 Å². The van der Waals surface area contributed by atoms with Gasteiger partial charge in [-0.2, -0.15) is 13.2 Å². The minimum atomic E-state index is -1.15. The molecule has 0 aliphatic heterocycles. The lowest BCUT2D eigenvalue weighted by Crippen LogP contribution is -2.01. The highest BCUT2D eigenvalue weighted by atomic mass is 19.2. The summed E-state index contributed by atoms with van der Waals surface area (Å²) in [5, 5.41) is 0. The third-order valence-electron chi connectivity index (χ3n) is 4.24. The first-order valence-electron chi connectivity index (χ1n) is 8.81. The minimum Gasteiger partial charge on any atom is -0.494 e. The predicted molar refractivity (Wildman–Crippen MR) is 100 cm³/mol. The van der Waals surface area contributed by atoms with Crippen molar-refractivity contribution in [3.63, 3.8) is 0 Å². The smallest absolute Gasteiger partial charge is 0.204 e. The van der Waals surface area contributed by atoms with Gasteiger partial charge >= 0.3 is 0 Å². The van der Waals surface area contributed by atoms with Crippen LogP contribution in [0.4, 0.5) is 17.6 Å². The van der Waals surface area contributed by atoms with Crippen LogP contribution in [0.25, 0.3) is 11.1 Å². The molecule has 3 nitrogen and oxygen atoms in total. The summed E-state index contributed by atoms with van der Waals surface area (Å²) in [6.07, 6.45) is 0. The van der Waals surface area contributed by atoms with Crippen molar-refractivity contribution in [1.82, 2.24) is 0 Å². The predicted octanol–water partition coefficient (Wildman–Crippen LogP) is 5.90. The fraction of sp³-hybridized carbons (Fsp3) is 0.182. The van der Waals surface area contributed by atoms with Crippen molar-refractivity contribution >= 4 is 0 Å². The van der Waals surface area contributed by atoms with Crippen LogP contribution in [-0.4, -0.2) is 13.7 Å². The van der Waals surface area contributed by atoms with Gasteiger partial charge in [0, 0.05) is 5.56 Å². The van der Waals surface area contributed by atoms with E-state index in [9.17, 15) is 17.6 Å². The van der Waals surface area contributed by atoms with Crippen LogP contribution in [0.15, 0.2) is 48.5 Å². The average molecular weight is 406 g/mol. The Bertz CT molecular complexity index is 1000. The van der Waals surface area contributed by atoms with E-state index < -0.39 is 23.3 Å². The zero-order valence-electron chi connectivity index (χ0n) is 15.8. The molecule has 29 heavy (non-hydrogen) atoms. The van der Waals surface area contributed by atoms with Crippen LogP contribution in [0.3, 0.4) is 0 Å². The quantitative estimate of drug-likeness (QED) is 0.458. The van der Waals surface area contributed by atoms with Gasteiger partial charge in [0.25, 0.3) is 0 Å². The van der Waals surface area contributed by atoms with Crippen molar-refractivity contribution in [3.05, 3.63) is 77.4 Å². The Morgan fingerprint density at radius 3 is 1.86 bits per heavy atom. The monoisotopic (exact) mass is 406 g/mol. The summed E-state index contributed by atoms with van der Waals surface area (Å²) < 4.78 is 71.1. The number of ether oxygens (including phenoxy) is 3. The molecule has 7 heteroatoms. The lowest BCUT2D eigenvalue weighted by Gasteiger charge is -2.11. The molecule has 0 saturated carbocycles. The molecule has 0 N–H and O–H groups in total. The number of halogens is 4. The first kappa shape index (κ1) is 20.5. The molecular weight excluding hydrogens is 388 g/mol. The van der Waals surface area contributed by atoms with Crippen molar-refractivity contribution in [2.75, 3.05) is 13.7 Å². The number of hydrogen-bond donors (Lipinski definition) is 0. The maximum atomic E-state index is 14.3. The summed E-state index contributed by atoms with van der Waals surface area (Å²) in [6, 6.07) is 11.8. The van der Waals surface area contributed by atoms with Crippen LogP contribution in [0.5, 0.6) is 17.2 Å². The van der Waals surface area contributed by atoms with Crippen LogP contribution < -0.4 is 14.2 Å². The van der Waals surface area contributed by atoms with Crippen molar-refractivity contribution in [3.8, 4) is 28.4 Å². The fourth-order valence-corrected chi connectivity index (χ4v) is 2.75. The summed E-state index contributed by atoms with van der Waals surface area (Å²) >= 11 is 0. The lowest BCUT2D eigenvalue weighted by molar-refractivity contribution is 0.280. The standard InChI is InChI=1S/C22H18F4O3/c1-3-28-17-9-8-15(19(23)21(17)25)14-6-4-13(5-7-14)12-29-18-11-10-16(27-2)20(24)22(18)26/h4-11H,3,12H2,1-2H3. The second-order valence-electron chi connectivity index (χ2n) is 6.05. The molecule has 0 fully saturated rings. The van der Waals surface area contributed by atoms with Gasteiger partial charge in [0.2, 0.25) is 17.5 Å². The van der Waals surface area contributed by atoms with Gasteiger partial charge in [0.15, 0.2) is 23.1 Å². The highest BCUT2D eigenvalue weighted by Crippen LogP contribution is 2.31. The Hall–Kier alpha value is -3.22. The number of rotatable bonds is 7. The molecule has 0 radical (unpaired) electrons. The first-order valence-corrected chi connectivity index (χ1v) is 8.81. The van der Waals surface area contributed by atoms with Gasteiger partial charge in [-0.25, -0.2) is 4.39 Å². The van der Waals surface area contributed by atoms with Crippen LogP contribution >= 0.6 is 0 Å². The van der Waals surface area contributed by atoms with E-state index in [1.807, 2.05) is 0 Å². The molecule has 3 aromatic carbocycles. The molecule has 152 valence electrons. The van der Waals surface area contributed by atoms with Gasteiger partial charge in [-0.15, -0.1) is 0 Å². The van der Waals surface area contributed by atoms with E-state index in [1.165, 1.54) is 31.4 Å². The lowest BCUT2D eigenvalue weighted by atomic mass is 10.0. The molecule has 0 aliphatic rings. The molecule has 0 unspecified atom stereocenters. The zero-order valence-corrected chi connectivity index (χ0v) is 15.8. The van der Waals surface area contributed by atoms with Gasteiger partial charge in [-0.1, -0.05) is 24.3 Å². The average Bonchev–Trinajstić information content (AvgIpc) is 2.73. The second kappa shape index (κ2) is 8.86. The molecule has 0 spiro atoms. The number of benzene rings is 3. The van der Waals surface area contributed by atoms with E-state index in [2.05, 4.69) is 0 Å². The maximum absolute atomic E-state index is 14.3. The normalized spacial score (nSPS) is 10.7. The van der Waals surface area contributed by atoms with Crippen molar-refractivity contribution in [2.24, 2.45) is 0 Å². The minimum absolute atomic E-state index is 0.0386.